The summed E-state index contributed by atoms with van der Waals surface area (Å²) < 4.78 is 0. The minimum atomic E-state index is -1.10. The molecule has 1 rings (SSSR count). The Kier molecular flexibility index (Phi) is 4.90. The Morgan fingerprint density at radius 1 is 1.11 bits per heavy atom. The zero-order chi connectivity index (χ0) is 14.7. The van der Waals surface area contributed by atoms with E-state index >= 15 is 0 Å². The van der Waals surface area contributed by atoms with Crippen molar-refractivity contribution in [3.8, 4) is 0 Å². The van der Waals surface area contributed by atoms with Gasteiger partial charge in [0, 0.05) is 0 Å². The van der Waals surface area contributed by atoms with E-state index in [2.05, 4.69) is 5.32 Å². The van der Waals surface area contributed by atoms with Gasteiger partial charge in [-0.3, -0.25) is 9.59 Å². The Morgan fingerprint density at radius 3 is 1.95 bits per heavy atom. The molecule has 0 aromatic rings. The van der Waals surface area contributed by atoms with Crippen LogP contribution in [0.2, 0.25) is 0 Å². The van der Waals surface area contributed by atoms with Gasteiger partial charge >= 0.3 is 0 Å². The third-order valence-electron chi connectivity index (χ3n) is 3.91. The lowest BCUT2D eigenvalue weighted by Crippen LogP contribution is -2.59. The summed E-state index contributed by atoms with van der Waals surface area (Å²) in [5, 5.41) is 2.69. The molecular formula is C13H23N3O2S. The molecule has 0 aliphatic heterocycles. The maximum Gasteiger partial charge on any atom is 0.242 e. The molecule has 0 spiro atoms. The van der Waals surface area contributed by atoms with Crippen molar-refractivity contribution in [3.05, 3.63) is 0 Å². The smallest absolute Gasteiger partial charge is 0.242 e. The molecule has 0 bridgehead atoms. The average Bonchev–Trinajstić information content (AvgIpc) is 2.54. The van der Waals surface area contributed by atoms with Gasteiger partial charge in [-0.2, -0.15) is 0 Å². The van der Waals surface area contributed by atoms with Gasteiger partial charge in [0.25, 0.3) is 0 Å². The summed E-state index contributed by atoms with van der Waals surface area (Å²) in [5.74, 6) is -0.849. The first-order valence-corrected chi connectivity index (χ1v) is 7.06. The number of carbonyl (C=O) groups is 2. The highest BCUT2D eigenvalue weighted by Gasteiger charge is 2.44. The highest BCUT2D eigenvalue weighted by atomic mass is 32.1. The third-order valence-corrected chi connectivity index (χ3v) is 4.30. The van der Waals surface area contributed by atoms with E-state index in [1.165, 1.54) is 0 Å². The fraction of sp³-hybridized carbons (Fsp3) is 0.769. The van der Waals surface area contributed by atoms with E-state index in [1.54, 1.807) is 13.8 Å². The first-order valence-electron chi connectivity index (χ1n) is 6.65. The molecule has 6 heteroatoms. The molecular weight excluding hydrogens is 262 g/mol. The summed E-state index contributed by atoms with van der Waals surface area (Å²) in [5.41, 5.74) is 9.17. The maximum atomic E-state index is 12.5. The summed E-state index contributed by atoms with van der Waals surface area (Å²) in [6, 6.07) is 0. The Bertz CT molecular complexity index is 385. The average molecular weight is 285 g/mol. The Hall–Kier alpha value is -1.17. The predicted molar refractivity (Wildman–Crippen MR) is 78.3 cm³/mol. The fourth-order valence-electron chi connectivity index (χ4n) is 2.38. The van der Waals surface area contributed by atoms with Crippen molar-refractivity contribution in [1.29, 1.82) is 0 Å². The topological polar surface area (TPSA) is 98.2 Å². The van der Waals surface area contributed by atoms with Crippen LogP contribution in [0.4, 0.5) is 0 Å². The summed E-state index contributed by atoms with van der Waals surface area (Å²) in [6.45, 7) is 3.16. The van der Waals surface area contributed by atoms with Crippen LogP contribution in [0.1, 0.15) is 52.4 Å². The van der Waals surface area contributed by atoms with E-state index in [0.717, 1.165) is 25.7 Å². The van der Waals surface area contributed by atoms with Crippen molar-refractivity contribution in [2.24, 2.45) is 16.9 Å². The van der Waals surface area contributed by atoms with E-state index in [9.17, 15) is 9.59 Å². The van der Waals surface area contributed by atoms with Gasteiger partial charge in [0.15, 0.2) is 0 Å². The molecule has 1 aliphatic rings. The number of nitrogens with one attached hydrogen (secondary N) is 1. The molecule has 0 unspecified atom stereocenters. The van der Waals surface area contributed by atoms with Crippen LogP contribution in [0.25, 0.3) is 0 Å². The van der Waals surface area contributed by atoms with E-state index < -0.39 is 16.9 Å². The van der Waals surface area contributed by atoms with Gasteiger partial charge in [-0.25, -0.2) is 0 Å². The summed E-state index contributed by atoms with van der Waals surface area (Å²) in [7, 11) is 0. The monoisotopic (exact) mass is 285 g/mol. The summed E-state index contributed by atoms with van der Waals surface area (Å²) in [4.78, 5) is 24.1. The zero-order valence-electron chi connectivity index (χ0n) is 11.6. The quantitative estimate of drug-likeness (QED) is 0.530. The lowest BCUT2D eigenvalue weighted by molar-refractivity contribution is -0.134. The maximum absolute atomic E-state index is 12.5. The lowest BCUT2D eigenvalue weighted by atomic mass is 9.78. The van der Waals surface area contributed by atoms with Crippen LogP contribution in [-0.2, 0) is 9.59 Å². The number of hydrogen-bond acceptors (Lipinski definition) is 3. The van der Waals surface area contributed by atoms with Crippen LogP contribution in [0.15, 0.2) is 0 Å². The molecule has 0 heterocycles. The van der Waals surface area contributed by atoms with E-state index in [1.807, 2.05) is 0 Å². The predicted octanol–water partition coefficient (Wildman–Crippen LogP) is 0.993. The Balaban J connectivity index is 2.96. The van der Waals surface area contributed by atoms with Crippen molar-refractivity contribution >= 4 is 29.0 Å². The third kappa shape index (κ3) is 3.43. The van der Waals surface area contributed by atoms with Gasteiger partial charge in [-0.15, -0.1) is 0 Å². The molecule has 108 valence electrons. The molecule has 1 aliphatic carbocycles. The van der Waals surface area contributed by atoms with Gasteiger partial charge in [-0.1, -0.05) is 37.9 Å². The van der Waals surface area contributed by atoms with Crippen molar-refractivity contribution in [2.75, 3.05) is 0 Å². The minimum Gasteiger partial charge on any atom is -0.392 e. The van der Waals surface area contributed by atoms with Crippen LogP contribution < -0.4 is 16.8 Å². The highest BCUT2D eigenvalue weighted by molar-refractivity contribution is 7.80. The molecule has 1 fully saturated rings. The number of primary amides is 1. The Labute approximate surface area is 119 Å². The number of amides is 2. The normalized spacial score (nSPS) is 19.3. The Morgan fingerprint density at radius 2 is 1.58 bits per heavy atom. The molecule has 0 saturated heterocycles. The summed E-state index contributed by atoms with van der Waals surface area (Å²) >= 11 is 5.12. The van der Waals surface area contributed by atoms with Crippen LogP contribution in [0.3, 0.4) is 0 Å². The van der Waals surface area contributed by atoms with Crippen molar-refractivity contribution in [2.45, 2.75) is 57.9 Å². The van der Waals surface area contributed by atoms with Crippen LogP contribution >= 0.6 is 12.2 Å². The number of carbonyl (C=O) groups excluding carboxylic acids is 2. The number of rotatable bonds is 4. The van der Waals surface area contributed by atoms with E-state index in [0.29, 0.717) is 12.8 Å². The highest BCUT2D eigenvalue weighted by Crippen LogP contribution is 2.36. The van der Waals surface area contributed by atoms with Crippen LogP contribution in [0, 0.1) is 5.41 Å². The number of hydrogen-bond donors (Lipinski definition) is 3. The molecule has 5 N–H and O–H groups in total. The lowest BCUT2D eigenvalue weighted by Gasteiger charge is -2.34. The van der Waals surface area contributed by atoms with Gasteiger partial charge in [0.2, 0.25) is 11.8 Å². The molecule has 5 nitrogen and oxygen atoms in total. The van der Waals surface area contributed by atoms with E-state index in [4.69, 9.17) is 23.7 Å². The minimum absolute atomic E-state index is 0.215. The van der Waals surface area contributed by atoms with Gasteiger partial charge in [-0.05, 0) is 26.7 Å². The van der Waals surface area contributed by atoms with Gasteiger partial charge in [0.1, 0.15) is 5.54 Å². The van der Waals surface area contributed by atoms with Crippen LogP contribution in [-0.4, -0.2) is 22.3 Å². The van der Waals surface area contributed by atoms with Crippen molar-refractivity contribution in [1.82, 2.24) is 5.32 Å². The number of thiocarbonyl (C=S) groups is 1. The zero-order valence-corrected chi connectivity index (χ0v) is 12.4. The molecule has 1 saturated carbocycles. The fourth-order valence-corrected chi connectivity index (χ4v) is 2.68. The van der Waals surface area contributed by atoms with Crippen molar-refractivity contribution in [3.63, 3.8) is 0 Å². The number of nitrogens with two attached hydrogens (primary N) is 2. The first-order chi connectivity index (χ1) is 8.72. The standard InChI is InChI=1S/C13H23N3O2S/c1-12(2,9(14)17)16-11(18)13(10(15)19)7-5-3-4-6-8-13/h3-8H2,1-2H3,(H2,14,17)(H2,15,19)(H,16,18). The second kappa shape index (κ2) is 5.86. The SMILES string of the molecule is CC(C)(NC(=O)C1(C(N)=S)CCCCCC1)C(N)=O. The molecule has 0 aromatic carbocycles. The van der Waals surface area contributed by atoms with E-state index in [-0.39, 0.29) is 10.9 Å². The largest absolute Gasteiger partial charge is 0.392 e. The molecule has 2 amide bonds. The first kappa shape index (κ1) is 15.9. The van der Waals surface area contributed by atoms with Gasteiger partial charge < -0.3 is 16.8 Å². The second-order valence-corrected chi connectivity index (χ2v) is 6.24. The summed E-state index contributed by atoms with van der Waals surface area (Å²) in [6.07, 6.45) is 5.28. The molecule has 0 aromatic heterocycles. The van der Waals surface area contributed by atoms with Gasteiger partial charge in [0.05, 0.1) is 10.4 Å². The molecule has 19 heavy (non-hydrogen) atoms. The second-order valence-electron chi connectivity index (χ2n) is 5.80. The molecule has 0 atom stereocenters. The van der Waals surface area contributed by atoms with Crippen LogP contribution in [0.5, 0.6) is 0 Å². The molecule has 0 radical (unpaired) electrons. The van der Waals surface area contributed by atoms with Crippen molar-refractivity contribution < 1.29 is 9.59 Å².